The molecule has 0 saturated heterocycles. The van der Waals surface area contributed by atoms with E-state index >= 15 is 0 Å². The van der Waals surface area contributed by atoms with Crippen LogP contribution in [-0.4, -0.2) is 46.7 Å². The number of aliphatic hydroxyl groups excluding tert-OH is 1. The molecule has 0 aliphatic heterocycles. The minimum absolute atomic E-state index is 0.101. The molecule has 3 heterocycles. The van der Waals surface area contributed by atoms with Crippen LogP contribution in [0.1, 0.15) is 25.2 Å². The maximum absolute atomic E-state index is 14.2. The normalized spacial score (nSPS) is 11.9. The molecule has 28 heavy (non-hydrogen) atoms. The van der Waals surface area contributed by atoms with E-state index in [-0.39, 0.29) is 30.5 Å². The van der Waals surface area contributed by atoms with Crippen molar-refractivity contribution in [2.75, 3.05) is 6.61 Å². The molecule has 0 amide bonds. The fourth-order valence-electron chi connectivity index (χ4n) is 2.74. The molecule has 3 aromatic heterocycles. The van der Waals surface area contributed by atoms with E-state index in [2.05, 4.69) is 30.5 Å². The number of aliphatic hydroxyl groups is 1. The first-order chi connectivity index (χ1) is 13.5. The molecule has 0 aliphatic rings. The average molecular weight is 383 g/mol. The number of aromatic amines is 1. The quantitative estimate of drug-likeness (QED) is 0.523. The van der Waals surface area contributed by atoms with Crippen LogP contribution in [-0.2, 0) is 12.0 Å². The lowest BCUT2D eigenvalue weighted by atomic mass is 9.86. The molecule has 0 unspecified atom stereocenters. The first kappa shape index (κ1) is 18.0. The maximum atomic E-state index is 14.2. The zero-order chi connectivity index (χ0) is 19.7. The molecule has 9 nitrogen and oxygen atoms in total. The Kier molecular flexibility index (Phi) is 4.47. The number of nitrogens with one attached hydrogen (secondary N) is 1. The van der Waals surface area contributed by atoms with Crippen LogP contribution in [0.2, 0.25) is 0 Å². The number of nitrogens with zero attached hydrogens (tertiary/aromatic N) is 6. The van der Waals surface area contributed by atoms with E-state index in [1.54, 1.807) is 24.3 Å². The van der Waals surface area contributed by atoms with Crippen molar-refractivity contribution in [3.05, 3.63) is 53.9 Å². The molecule has 10 heteroatoms. The highest BCUT2D eigenvalue weighted by molar-refractivity contribution is 5.60. The highest BCUT2D eigenvalue weighted by Crippen LogP contribution is 2.32. The summed E-state index contributed by atoms with van der Waals surface area (Å²) < 4.78 is 21.5. The topological polar surface area (TPSA) is 114 Å². The number of fused-ring (bicyclic) bond motifs is 1. The highest BCUT2D eigenvalue weighted by Gasteiger charge is 2.27. The number of benzene rings is 1. The molecule has 0 radical (unpaired) electrons. The number of hydrogen-bond donors (Lipinski definition) is 2. The van der Waals surface area contributed by atoms with Crippen LogP contribution in [0.4, 0.5) is 4.39 Å². The lowest BCUT2D eigenvalue weighted by Crippen LogP contribution is -2.24. The van der Waals surface area contributed by atoms with Gasteiger partial charge in [-0.05, 0) is 18.2 Å². The minimum Gasteiger partial charge on any atom is -0.468 e. The predicted octanol–water partition coefficient (Wildman–Crippen LogP) is 1.90. The third kappa shape index (κ3) is 3.18. The van der Waals surface area contributed by atoms with Crippen molar-refractivity contribution < 1.29 is 14.2 Å². The van der Waals surface area contributed by atoms with E-state index in [9.17, 15) is 9.50 Å². The Hall–Kier alpha value is -3.40. The van der Waals surface area contributed by atoms with Gasteiger partial charge in [-0.2, -0.15) is 9.61 Å². The zero-order valence-electron chi connectivity index (χ0n) is 15.3. The van der Waals surface area contributed by atoms with Crippen LogP contribution >= 0.6 is 0 Å². The lowest BCUT2D eigenvalue weighted by molar-refractivity contribution is 0.207. The highest BCUT2D eigenvalue weighted by atomic mass is 19.1. The van der Waals surface area contributed by atoms with Crippen molar-refractivity contribution >= 4 is 5.65 Å². The molecular formula is C18H18FN7O2. The van der Waals surface area contributed by atoms with Crippen LogP contribution in [0.5, 0.6) is 5.88 Å². The number of H-pyrrole nitrogens is 1. The minimum atomic E-state index is -0.643. The van der Waals surface area contributed by atoms with Gasteiger partial charge in [0.1, 0.15) is 18.8 Å². The van der Waals surface area contributed by atoms with E-state index < -0.39 is 11.2 Å². The molecule has 144 valence electrons. The number of rotatable bonds is 6. The van der Waals surface area contributed by atoms with Gasteiger partial charge in [0.05, 0.1) is 12.2 Å². The molecule has 0 aliphatic carbocycles. The fourth-order valence-corrected chi connectivity index (χ4v) is 2.74. The van der Waals surface area contributed by atoms with Gasteiger partial charge in [0, 0.05) is 11.0 Å². The Morgan fingerprint density at radius 2 is 2.07 bits per heavy atom. The first-order valence-corrected chi connectivity index (χ1v) is 8.59. The molecule has 0 bridgehead atoms. The molecule has 2 N–H and O–H groups in total. The molecule has 4 aromatic rings. The third-order valence-corrected chi connectivity index (χ3v) is 4.41. The zero-order valence-corrected chi connectivity index (χ0v) is 15.3. The molecule has 4 rings (SSSR count). The summed E-state index contributed by atoms with van der Waals surface area (Å²) in [5.74, 6) is 0.613. The maximum Gasteiger partial charge on any atom is 0.236 e. The van der Waals surface area contributed by atoms with Gasteiger partial charge in [0.15, 0.2) is 17.3 Å². The van der Waals surface area contributed by atoms with E-state index in [0.717, 1.165) is 0 Å². The second-order valence-corrected chi connectivity index (χ2v) is 6.90. The number of halogens is 1. The summed E-state index contributed by atoms with van der Waals surface area (Å²) in [4.78, 5) is 4.02. The summed E-state index contributed by atoms with van der Waals surface area (Å²) >= 11 is 0. The van der Waals surface area contributed by atoms with Crippen LogP contribution in [0.25, 0.3) is 17.0 Å². The van der Waals surface area contributed by atoms with Crippen LogP contribution < -0.4 is 4.74 Å². The van der Waals surface area contributed by atoms with Gasteiger partial charge >= 0.3 is 0 Å². The van der Waals surface area contributed by atoms with Crippen LogP contribution in [0.3, 0.4) is 0 Å². The van der Waals surface area contributed by atoms with Crippen molar-refractivity contribution in [1.82, 2.24) is 35.0 Å². The van der Waals surface area contributed by atoms with Gasteiger partial charge in [-0.3, -0.25) is 5.10 Å². The van der Waals surface area contributed by atoms with Gasteiger partial charge in [-0.25, -0.2) is 9.37 Å². The smallest absolute Gasteiger partial charge is 0.236 e. The van der Waals surface area contributed by atoms with Crippen LogP contribution in [0, 0.1) is 5.82 Å². The van der Waals surface area contributed by atoms with Gasteiger partial charge in [-0.1, -0.05) is 26.0 Å². The largest absolute Gasteiger partial charge is 0.468 e. The molecular weight excluding hydrogens is 365 g/mol. The molecule has 0 atom stereocenters. The second kappa shape index (κ2) is 6.97. The Morgan fingerprint density at radius 1 is 1.25 bits per heavy atom. The Morgan fingerprint density at radius 3 is 2.79 bits per heavy atom. The standard InChI is InChI=1S/C18H18FN7O2/c1-18(2,9-27)12-7-15-23-24-16(11-5-3-4-6-13(11)19)26(15)25-17(12)28-8-14-20-10-21-22-14/h3-7,10,27H,8-9H2,1-2H3,(H,20,21,22). The Labute approximate surface area is 159 Å². The van der Waals surface area contributed by atoms with Gasteiger partial charge in [0.25, 0.3) is 0 Å². The van der Waals surface area contributed by atoms with E-state index in [0.29, 0.717) is 17.0 Å². The number of hydrogen-bond acceptors (Lipinski definition) is 7. The average Bonchev–Trinajstić information content (AvgIpc) is 3.35. The van der Waals surface area contributed by atoms with E-state index in [1.165, 1.54) is 16.9 Å². The predicted molar refractivity (Wildman–Crippen MR) is 97.0 cm³/mol. The fraction of sp³-hybridized carbons (Fsp3) is 0.278. The number of ether oxygens (including phenoxy) is 1. The summed E-state index contributed by atoms with van der Waals surface area (Å²) in [5.41, 5.74) is 0.699. The van der Waals surface area contributed by atoms with Gasteiger partial charge in [0.2, 0.25) is 5.88 Å². The summed E-state index contributed by atoms with van der Waals surface area (Å²) in [6.45, 7) is 3.69. The molecule has 1 aromatic carbocycles. The Bertz CT molecular complexity index is 1110. The summed E-state index contributed by atoms with van der Waals surface area (Å²) in [7, 11) is 0. The van der Waals surface area contributed by atoms with Gasteiger partial charge < -0.3 is 9.84 Å². The third-order valence-electron chi connectivity index (χ3n) is 4.41. The van der Waals surface area contributed by atoms with Crippen molar-refractivity contribution in [2.45, 2.75) is 25.9 Å². The summed E-state index contributed by atoms with van der Waals surface area (Å²) in [6.07, 6.45) is 1.38. The Balaban J connectivity index is 1.84. The summed E-state index contributed by atoms with van der Waals surface area (Å²) in [6, 6.07) is 8.00. The van der Waals surface area contributed by atoms with Gasteiger partial charge in [-0.15, -0.1) is 15.3 Å². The van der Waals surface area contributed by atoms with Crippen molar-refractivity contribution in [1.29, 1.82) is 0 Å². The van der Waals surface area contributed by atoms with Crippen molar-refractivity contribution in [3.8, 4) is 17.3 Å². The first-order valence-electron chi connectivity index (χ1n) is 8.59. The van der Waals surface area contributed by atoms with E-state index in [1.807, 2.05) is 13.8 Å². The molecule has 0 saturated carbocycles. The molecule has 0 fully saturated rings. The summed E-state index contributed by atoms with van der Waals surface area (Å²) in [5, 5.41) is 29.0. The second-order valence-electron chi connectivity index (χ2n) is 6.90. The monoisotopic (exact) mass is 383 g/mol. The van der Waals surface area contributed by atoms with Crippen LogP contribution in [0.15, 0.2) is 36.7 Å². The molecule has 0 spiro atoms. The lowest BCUT2D eigenvalue weighted by Gasteiger charge is -2.24. The van der Waals surface area contributed by atoms with E-state index in [4.69, 9.17) is 4.74 Å². The SMILES string of the molecule is CC(C)(CO)c1cc2nnc(-c3ccccc3F)n2nc1OCc1ncn[nH]1. The van der Waals surface area contributed by atoms with Crippen molar-refractivity contribution in [3.63, 3.8) is 0 Å². The van der Waals surface area contributed by atoms with Crippen molar-refractivity contribution in [2.24, 2.45) is 0 Å². The number of aromatic nitrogens is 7.